The second-order valence-electron chi connectivity index (χ2n) is 7.03. The lowest BCUT2D eigenvalue weighted by molar-refractivity contribution is -0.124. The topological polar surface area (TPSA) is 53.4 Å². The molecule has 1 saturated heterocycles. The maximum Gasteiger partial charge on any atom is 0.234 e. The van der Waals surface area contributed by atoms with Gasteiger partial charge in [0.25, 0.3) is 0 Å². The normalized spacial score (nSPS) is 19.5. The maximum atomic E-state index is 11.6. The first-order chi connectivity index (χ1) is 11.6. The van der Waals surface area contributed by atoms with E-state index in [1.807, 2.05) is 6.20 Å². The lowest BCUT2D eigenvalue weighted by Gasteiger charge is -2.28. The molecule has 1 N–H and O–H groups in total. The first-order valence-electron chi connectivity index (χ1n) is 8.76. The van der Waals surface area contributed by atoms with Crippen LogP contribution in [0.2, 0.25) is 0 Å². The van der Waals surface area contributed by atoms with Crippen molar-refractivity contribution < 1.29 is 4.79 Å². The molecule has 2 aliphatic heterocycles. The number of aryl methyl sites for hydroxylation is 1. The molecule has 0 bridgehead atoms. The van der Waals surface area contributed by atoms with E-state index in [1.54, 1.807) is 0 Å². The van der Waals surface area contributed by atoms with Crippen molar-refractivity contribution in [3.05, 3.63) is 29.2 Å². The van der Waals surface area contributed by atoms with Gasteiger partial charge in [-0.15, -0.1) is 0 Å². The molecule has 1 amide bonds. The number of hydrogen-bond donors (Lipinski definition) is 1. The molecule has 1 fully saturated rings. The minimum atomic E-state index is 0.138. The van der Waals surface area contributed by atoms with Gasteiger partial charge in [-0.05, 0) is 25.6 Å². The SMILES string of the molecule is Cc1cc2c3c(n(CCN4CCNC(=O)C4)c2cn1)CCN(C)C3. The summed E-state index contributed by atoms with van der Waals surface area (Å²) in [7, 11) is 2.19. The number of aromatic nitrogens is 2. The summed E-state index contributed by atoms with van der Waals surface area (Å²) < 4.78 is 2.44. The number of carbonyl (C=O) groups is 1. The predicted molar refractivity (Wildman–Crippen MR) is 94.0 cm³/mol. The summed E-state index contributed by atoms with van der Waals surface area (Å²) in [6.07, 6.45) is 3.10. The number of amides is 1. The Balaban J connectivity index is 1.66. The van der Waals surface area contributed by atoms with Crippen LogP contribution in [0, 0.1) is 6.92 Å². The number of pyridine rings is 1. The Hall–Kier alpha value is -1.92. The van der Waals surface area contributed by atoms with Gasteiger partial charge in [-0.1, -0.05) is 0 Å². The van der Waals surface area contributed by atoms with Crippen molar-refractivity contribution in [2.45, 2.75) is 26.4 Å². The highest BCUT2D eigenvalue weighted by Crippen LogP contribution is 2.30. The van der Waals surface area contributed by atoms with Crippen LogP contribution in [-0.4, -0.2) is 65.0 Å². The fourth-order valence-corrected chi connectivity index (χ4v) is 3.96. The van der Waals surface area contributed by atoms with Gasteiger partial charge < -0.3 is 14.8 Å². The summed E-state index contributed by atoms with van der Waals surface area (Å²) in [4.78, 5) is 20.7. The van der Waals surface area contributed by atoms with Crippen LogP contribution in [0.1, 0.15) is 17.0 Å². The predicted octanol–water partition coefficient (Wildman–Crippen LogP) is 0.764. The number of fused-ring (bicyclic) bond motifs is 3. The number of nitrogens with zero attached hydrogens (tertiary/aromatic N) is 4. The van der Waals surface area contributed by atoms with Crippen molar-refractivity contribution >= 4 is 16.8 Å². The molecule has 2 aromatic rings. The van der Waals surface area contributed by atoms with E-state index in [9.17, 15) is 4.79 Å². The highest BCUT2D eigenvalue weighted by molar-refractivity contribution is 5.85. The van der Waals surface area contributed by atoms with Gasteiger partial charge in [0.1, 0.15) is 0 Å². The zero-order valence-corrected chi connectivity index (χ0v) is 14.5. The molecule has 0 saturated carbocycles. The molecule has 128 valence electrons. The van der Waals surface area contributed by atoms with Gasteiger partial charge in [0, 0.05) is 62.5 Å². The number of nitrogens with one attached hydrogen (secondary N) is 1. The molecular weight excluding hydrogens is 302 g/mol. The Morgan fingerprint density at radius 3 is 2.96 bits per heavy atom. The van der Waals surface area contributed by atoms with Crippen molar-refractivity contribution in [1.29, 1.82) is 0 Å². The average molecular weight is 327 g/mol. The maximum absolute atomic E-state index is 11.6. The van der Waals surface area contributed by atoms with E-state index in [1.165, 1.54) is 22.2 Å². The second-order valence-corrected chi connectivity index (χ2v) is 7.03. The van der Waals surface area contributed by atoms with Crippen molar-refractivity contribution in [1.82, 2.24) is 24.7 Å². The quantitative estimate of drug-likeness (QED) is 0.904. The monoisotopic (exact) mass is 327 g/mol. The van der Waals surface area contributed by atoms with Crippen molar-refractivity contribution in [2.75, 3.05) is 39.8 Å². The van der Waals surface area contributed by atoms with Crippen molar-refractivity contribution in [3.8, 4) is 0 Å². The third-order valence-electron chi connectivity index (χ3n) is 5.23. The summed E-state index contributed by atoms with van der Waals surface area (Å²) >= 11 is 0. The van der Waals surface area contributed by atoms with Gasteiger partial charge in [-0.25, -0.2) is 0 Å². The second kappa shape index (κ2) is 6.18. The Labute approximate surface area is 142 Å². The molecule has 2 aromatic heterocycles. The van der Waals surface area contributed by atoms with Crippen LogP contribution in [0.4, 0.5) is 0 Å². The number of hydrogen-bond acceptors (Lipinski definition) is 4. The van der Waals surface area contributed by atoms with E-state index in [-0.39, 0.29) is 5.91 Å². The summed E-state index contributed by atoms with van der Waals surface area (Å²) in [5.41, 5.74) is 5.23. The number of rotatable bonds is 3. The van der Waals surface area contributed by atoms with Crippen LogP contribution in [0.5, 0.6) is 0 Å². The molecule has 6 heteroatoms. The van der Waals surface area contributed by atoms with E-state index in [0.29, 0.717) is 6.54 Å². The third-order valence-corrected chi connectivity index (χ3v) is 5.23. The minimum Gasteiger partial charge on any atom is -0.354 e. The summed E-state index contributed by atoms with van der Waals surface area (Å²) in [5, 5.41) is 4.24. The van der Waals surface area contributed by atoms with Crippen molar-refractivity contribution in [3.63, 3.8) is 0 Å². The highest BCUT2D eigenvalue weighted by Gasteiger charge is 2.23. The summed E-state index contributed by atoms with van der Waals surface area (Å²) in [5.74, 6) is 0.138. The molecule has 24 heavy (non-hydrogen) atoms. The van der Waals surface area contributed by atoms with E-state index in [2.05, 4.69) is 44.7 Å². The van der Waals surface area contributed by atoms with Gasteiger partial charge in [0.2, 0.25) is 5.91 Å². The van der Waals surface area contributed by atoms with E-state index < -0.39 is 0 Å². The molecular formula is C18H25N5O. The molecule has 4 rings (SSSR count). The van der Waals surface area contributed by atoms with Gasteiger partial charge >= 0.3 is 0 Å². The smallest absolute Gasteiger partial charge is 0.234 e. The fourth-order valence-electron chi connectivity index (χ4n) is 3.96. The number of carbonyl (C=O) groups excluding carboxylic acids is 1. The van der Waals surface area contributed by atoms with E-state index >= 15 is 0 Å². The van der Waals surface area contributed by atoms with Crippen LogP contribution in [0.3, 0.4) is 0 Å². The van der Waals surface area contributed by atoms with Crippen LogP contribution in [0.25, 0.3) is 10.9 Å². The molecule has 2 aliphatic rings. The van der Waals surface area contributed by atoms with Gasteiger partial charge in [0.15, 0.2) is 0 Å². The summed E-state index contributed by atoms with van der Waals surface area (Å²) in [6.45, 7) is 8.21. The lowest BCUT2D eigenvalue weighted by Crippen LogP contribution is -2.48. The van der Waals surface area contributed by atoms with Gasteiger partial charge in [0.05, 0.1) is 18.3 Å². The number of likely N-dealkylation sites (N-methyl/N-ethyl adjacent to an activating group) is 1. The first kappa shape index (κ1) is 15.6. The number of piperazine rings is 1. The van der Waals surface area contributed by atoms with Crippen molar-refractivity contribution in [2.24, 2.45) is 0 Å². The highest BCUT2D eigenvalue weighted by atomic mass is 16.2. The molecule has 0 aromatic carbocycles. The summed E-state index contributed by atoms with van der Waals surface area (Å²) in [6, 6.07) is 2.22. The Kier molecular flexibility index (Phi) is 4.02. The molecule has 6 nitrogen and oxygen atoms in total. The minimum absolute atomic E-state index is 0.138. The zero-order valence-electron chi connectivity index (χ0n) is 14.5. The van der Waals surface area contributed by atoms with Crippen LogP contribution >= 0.6 is 0 Å². The molecule has 0 aliphatic carbocycles. The van der Waals surface area contributed by atoms with E-state index in [4.69, 9.17) is 0 Å². The largest absolute Gasteiger partial charge is 0.354 e. The standard InChI is InChI=1S/C18H25N5O/c1-13-9-14-15-11-21(2)5-3-16(15)23(17(14)10-20-13)8-7-22-6-4-19-18(24)12-22/h9-10H,3-8,11-12H2,1-2H3,(H,19,24). The Morgan fingerprint density at radius 1 is 1.25 bits per heavy atom. The molecule has 0 unspecified atom stereocenters. The molecule has 0 spiro atoms. The van der Waals surface area contributed by atoms with E-state index in [0.717, 1.165) is 51.4 Å². The van der Waals surface area contributed by atoms with Crippen LogP contribution in [-0.2, 0) is 24.3 Å². The first-order valence-corrected chi connectivity index (χ1v) is 8.76. The van der Waals surface area contributed by atoms with Crippen LogP contribution in [0.15, 0.2) is 12.3 Å². The van der Waals surface area contributed by atoms with Gasteiger partial charge in [-0.2, -0.15) is 0 Å². The fraction of sp³-hybridized carbons (Fsp3) is 0.556. The zero-order chi connectivity index (χ0) is 16.7. The lowest BCUT2D eigenvalue weighted by atomic mass is 10.1. The van der Waals surface area contributed by atoms with Gasteiger partial charge in [-0.3, -0.25) is 14.7 Å². The third kappa shape index (κ3) is 2.80. The average Bonchev–Trinajstić information content (AvgIpc) is 2.85. The molecule has 4 heterocycles. The van der Waals surface area contributed by atoms with Crippen LogP contribution < -0.4 is 5.32 Å². The Bertz CT molecular complexity index is 781. The molecule has 0 radical (unpaired) electrons. The molecule has 0 atom stereocenters. The Morgan fingerprint density at radius 2 is 2.12 bits per heavy atom.